The average Bonchev–Trinajstić information content (AvgIpc) is 2.83. The van der Waals surface area contributed by atoms with Crippen molar-refractivity contribution < 1.29 is 9.15 Å². The highest BCUT2D eigenvalue weighted by Crippen LogP contribution is 2.20. The highest BCUT2D eigenvalue weighted by molar-refractivity contribution is 5.67. The van der Waals surface area contributed by atoms with Crippen molar-refractivity contribution in [1.82, 2.24) is 9.55 Å². The first-order valence-corrected chi connectivity index (χ1v) is 6.24. The molecule has 0 fully saturated rings. The van der Waals surface area contributed by atoms with Gasteiger partial charge in [0.2, 0.25) is 0 Å². The van der Waals surface area contributed by atoms with Crippen molar-refractivity contribution in [3.05, 3.63) is 58.2 Å². The number of hydrogen-bond acceptors (Lipinski definition) is 5. The predicted molar refractivity (Wildman–Crippen MR) is 75.1 cm³/mol. The Morgan fingerprint density at radius 2 is 2.29 bits per heavy atom. The Labute approximate surface area is 119 Å². The van der Waals surface area contributed by atoms with Crippen molar-refractivity contribution in [3.8, 4) is 11.8 Å². The molecule has 0 unspecified atom stereocenters. The van der Waals surface area contributed by atoms with Crippen LogP contribution in [0.25, 0.3) is 11.2 Å². The molecule has 1 aromatic carbocycles. The lowest BCUT2D eigenvalue weighted by Crippen LogP contribution is -2.15. The zero-order chi connectivity index (χ0) is 14.8. The van der Waals surface area contributed by atoms with Gasteiger partial charge in [-0.3, -0.25) is 4.57 Å². The van der Waals surface area contributed by atoms with E-state index in [0.717, 1.165) is 5.56 Å². The summed E-state index contributed by atoms with van der Waals surface area (Å²) in [5.74, 6) is 0.0100. The first kappa shape index (κ1) is 12.9. The molecule has 0 aliphatic carbocycles. The van der Waals surface area contributed by atoms with E-state index in [9.17, 15) is 4.79 Å². The average molecular weight is 281 g/mol. The highest BCUT2D eigenvalue weighted by Gasteiger charge is 2.11. The molecule has 0 amide bonds. The van der Waals surface area contributed by atoms with Crippen molar-refractivity contribution in [1.29, 1.82) is 5.26 Å². The summed E-state index contributed by atoms with van der Waals surface area (Å²) < 4.78 is 11.7. The van der Waals surface area contributed by atoms with Crippen molar-refractivity contribution in [2.24, 2.45) is 0 Å². The van der Waals surface area contributed by atoms with Gasteiger partial charge in [0, 0.05) is 6.20 Å². The molecule has 0 atom stereocenters. The van der Waals surface area contributed by atoms with E-state index in [1.54, 1.807) is 36.5 Å². The van der Waals surface area contributed by atoms with Gasteiger partial charge in [0.25, 0.3) is 0 Å². The molecule has 0 saturated heterocycles. The van der Waals surface area contributed by atoms with E-state index in [-0.39, 0.29) is 0 Å². The molecular weight excluding hydrogens is 270 g/mol. The number of oxazole rings is 1. The normalized spacial score (nSPS) is 10.5. The Morgan fingerprint density at radius 3 is 3.05 bits per heavy atom. The number of nitriles is 1. The number of rotatable bonds is 3. The fourth-order valence-corrected chi connectivity index (χ4v) is 2.15. The van der Waals surface area contributed by atoms with Crippen LogP contribution in [-0.4, -0.2) is 16.7 Å². The van der Waals surface area contributed by atoms with E-state index in [0.29, 0.717) is 29.1 Å². The number of hydrogen-bond donors (Lipinski definition) is 0. The molecule has 2 aromatic heterocycles. The van der Waals surface area contributed by atoms with Gasteiger partial charge in [-0.2, -0.15) is 5.26 Å². The van der Waals surface area contributed by atoms with Gasteiger partial charge in [-0.15, -0.1) is 0 Å². The largest absolute Gasteiger partial charge is 0.495 e. The van der Waals surface area contributed by atoms with Crippen LogP contribution >= 0.6 is 0 Å². The van der Waals surface area contributed by atoms with Gasteiger partial charge in [0.1, 0.15) is 11.8 Å². The molecule has 3 rings (SSSR count). The summed E-state index contributed by atoms with van der Waals surface area (Å²) in [5, 5.41) is 8.97. The number of benzene rings is 1. The summed E-state index contributed by atoms with van der Waals surface area (Å²) in [6, 6.07) is 10.6. The monoisotopic (exact) mass is 281 g/mol. The minimum atomic E-state index is -0.466. The van der Waals surface area contributed by atoms with Gasteiger partial charge in [-0.1, -0.05) is 6.07 Å². The maximum absolute atomic E-state index is 11.9. The molecule has 104 valence electrons. The van der Waals surface area contributed by atoms with Crippen LogP contribution in [0.4, 0.5) is 0 Å². The van der Waals surface area contributed by atoms with Gasteiger partial charge in [0.05, 0.1) is 19.2 Å². The Kier molecular flexibility index (Phi) is 3.16. The Bertz CT molecular complexity index is 902. The summed E-state index contributed by atoms with van der Waals surface area (Å²) >= 11 is 0. The van der Waals surface area contributed by atoms with E-state index < -0.39 is 5.76 Å². The van der Waals surface area contributed by atoms with Gasteiger partial charge < -0.3 is 9.15 Å². The van der Waals surface area contributed by atoms with Gasteiger partial charge in [-0.05, 0) is 29.8 Å². The third-order valence-electron chi connectivity index (χ3n) is 3.15. The quantitative estimate of drug-likeness (QED) is 0.732. The summed E-state index contributed by atoms with van der Waals surface area (Å²) in [5.41, 5.74) is 2.21. The third kappa shape index (κ3) is 2.25. The molecular formula is C15H11N3O3. The molecule has 21 heavy (non-hydrogen) atoms. The van der Waals surface area contributed by atoms with E-state index >= 15 is 0 Å². The van der Waals surface area contributed by atoms with Gasteiger partial charge in [0.15, 0.2) is 11.2 Å². The minimum absolute atomic E-state index is 0.297. The third-order valence-corrected chi connectivity index (χ3v) is 3.15. The molecule has 0 aliphatic heterocycles. The molecule has 0 radical (unpaired) electrons. The zero-order valence-electron chi connectivity index (χ0n) is 11.2. The topological polar surface area (TPSA) is 81.1 Å². The lowest BCUT2D eigenvalue weighted by Gasteiger charge is -2.06. The molecule has 2 heterocycles. The second-order valence-corrected chi connectivity index (χ2v) is 4.43. The molecule has 6 nitrogen and oxygen atoms in total. The second kappa shape index (κ2) is 5.13. The van der Waals surface area contributed by atoms with E-state index in [4.69, 9.17) is 14.4 Å². The molecule has 0 aliphatic rings. The van der Waals surface area contributed by atoms with Crippen LogP contribution in [-0.2, 0) is 6.54 Å². The Morgan fingerprint density at radius 1 is 1.43 bits per heavy atom. The van der Waals surface area contributed by atoms with Crippen molar-refractivity contribution in [2.75, 3.05) is 7.11 Å². The van der Waals surface area contributed by atoms with Crippen LogP contribution in [0.2, 0.25) is 0 Å². The highest BCUT2D eigenvalue weighted by atomic mass is 16.5. The first-order valence-electron chi connectivity index (χ1n) is 6.24. The maximum Gasteiger partial charge on any atom is 0.421 e. The van der Waals surface area contributed by atoms with Crippen LogP contribution < -0.4 is 10.5 Å². The summed E-state index contributed by atoms with van der Waals surface area (Å²) in [4.78, 5) is 16.1. The minimum Gasteiger partial charge on any atom is -0.495 e. The fourth-order valence-electron chi connectivity index (χ4n) is 2.15. The predicted octanol–water partition coefficient (Wildman–Crippen LogP) is 1.92. The van der Waals surface area contributed by atoms with Crippen LogP contribution in [0.5, 0.6) is 5.75 Å². The summed E-state index contributed by atoms with van der Waals surface area (Å²) in [7, 11) is 1.50. The van der Waals surface area contributed by atoms with Crippen molar-refractivity contribution in [3.63, 3.8) is 0 Å². The van der Waals surface area contributed by atoms with Crippen LogP contribution in [0.15, 0.2) is 45.7 Å². The Balaban J connectivity index is 2.05. The summed E-state index contributed by atoms with van der Waals surface area (Å²) in [6.45, 7) is 0.297. The number of ether oxygens (including phenoxy) is 1. The molecule has 0 spiro atoms. The number of pyridine rings is 1. The molecule has 3 aromatic rings. The van der Waals surface area contributed by atoms with E-state index in [1.807, 2.05) is 6.07 Å². The number of aromatic nitrogens is 2. The van der Waals surface area contributed by atoms with Crippen LogP contribution in [0.3, 0.4) is 0 Å². The molecule has 0 N–H and O–H groups in total. The van der Waals surface area contributed by atoms with Crippen molar-refractivity contribution in [2.45, 2.75) is 6.54 Å². The molecule has 6 heteroatoms. The lowest BCUT2D eigenvalue weighted by atomic mass is 10.1. The van der Waals surface area contributed by atoms with E-state index in [2.05, 4.69) is 4.98 Å². The van der Waals surface area contributed by atoms with Gasteiger partial charge >= 0.3 is 5.76 Å². The van der Waals surface area contributed by atoms with Crippen molar-refractivity contribution >= 4 is 11.2 Å². The maximum atomic E-state index is 11.9. The molecule has 0 bridgehead atoms. The fraction of sp³-hybridized carbons (Fsp3) is 0.133. The van der Waals surface area contributed by atoms with E-state index in [1.165, 1.54) is 11.7 Å². The number of nitrogens with zero attached hydrogens (tertiary/aromatic N) is 3. The van der Waals surface area contributed by atoms with Crippen LogP contribution in [0, 0.1) is 11.3 Å². The Hall–Kier alpha value is -3.07. The lowest BCUT2D eigenvalue weighted by molar-refractivity contribution is 0.412. The molecule has 0 saturated carbocycles. The zero-order valence-corrected chi connectivity index (χ0v) is 11.2. The number of fused-ring (bicyclic) bond motifs is 1. The van der Waals surface area contributed by atoms with Crippen LogP contribution in [0.1, 0.15) is 11.1 Å². The second-order valence-electron chi connectivity index (χ2n) is 4.43. The number of methoxy groups -OCH3 is 1. The smallest absolute Gasteiger partial charge is 0.421 e. The SMILES string of the molecule is COc1cc(Cn2c(=O)oc3cccnc32)ccc1C#N. The van der Waals surface area contributed by atoms with Gasteiger partial charge in [-0.25, -0.2) is 9.78 Å². The standard InChI is InChI=1S/C15H11N3O3/c1-20-13-7-10(4-5-11(13)8-16)9-18-14-12(21-15(18)19)3-2-6-17-14/h2-7H,9H2,1H3. The first-order chi connectivity index (χ1) is 10.2. The summed E-state index contributed by atoms with van der Waals surface area (Å²) in [6.07, 6.45) is 1.60.